The van der Waals surface area contributed by atoms with Gasteiger partial charge in [0.15, 0.2) is 5.11 Å². The lowest BCUT2D eigenvalue weighted by molar-refractivity contribution is -0.117. The zero-order valence-electron chi connectivity index (χ0n) is 14.7. The minimum Gasteiger partial charge on any atom is -0.478 e. The van der Waals surface area contributed by atoms with Crippen molar-refractivity contribution in [2.45, 2.75) is 9.96 Å². The zero-order chi connectivity index (χ0) is 21.4. The van der Waals surface area contributed by atoms with E-state index in [1.807, 2.05) is 30.3 Å². The van der Waals surface area contributed by atoms with Crippen LogP contribution < -0.4 is 16.0 Å². The van der Waals surface area contributed by atoms with Crippen molar-refractivity contribution in [2.75, 3.05) is 5.32 Å². The van der Waals surface area contributed by atoms with Gasteiger partial charge in [0.05, 0.1) is 5.56 Å². The lowest BCUT2D eigenvalue weighted by Gasteiger charge is -2.27. The van der Waals surface area contributed by atoms with E-state index in [2.05, 4.69) is 16.0 Å². The van der Waals surface area contributed by atoms with Crippen molar-refractivity contribution < 1.29 is 14.7 Å². The molecule has 2 aromatic rings. The maximum absolute atomic E-state index is 12.2. The summed E-state index contributed by atoms with van der Waals surface area (Å²) in [4.78, 5) is 23.1. The van der Waals surface area contributed by atoms with Crippen molar-refractivity contribution >= 4 is 75.8 Å². The molecule has 0 unspecified atom stereocenters. The highest BCUT2D eigenvalue weighted by molar-refractivity contribution is 7.80. The third kappa shape index (κ3) is 7.91. The summed E-state index contributed by atoms with van der Waals surface area (Å²) < 4.78 is -1.89. The fourth-order valence-electron chi connectivity index (χ4n) is 2.12. The summed E-state index contributed by atoms with van der Waals surface area (Å²) in [5, 5.41) is 17.1. The molecule has 0 fully saturated rings. The molecule has 10 heteroatoms. The molecule has 2 rings (SSSR count). The van der Waals surface area contributed by atoms with E-state index in [-0.39, 0.29) is 10.7 Å². The molecule has 0 aliphatic rings. The Labute approximate surface area is 187 Å². The smallest absolute Gasteiger partial charge is 0.335 e. The highest BCUT2D eigenvalue weighted by atomic mass is 35.6. The van der Waals surface area contributed by atoms with Crippen molar-refractivity contribution in [3.63, 3.8) is 0 Å². The molecule has 0 aliphatic carbocycles. The van der Waals surface area contributed by atoms with Crippen molar-refractivity contribution in [2.24, 2.45) is 0 Å². The fourth-order valence-corrected chi connectivity index (χ4v) is 2.68. The van der Waals surface area contributed by atoms with Crippen LogP contribution in [0, 0.1) is 0 Å². The fraction of sp³-hybridized carbons (Fsp3) is 0.105. The van der Waals surface area contributed by atoms with Crippen molar-refractivity contribution in [1.82, 2.24) is 10.6 Å². The number of nitrogens with one attached hydrogen (secondary N) is 3. The number of thiocarbonyl (C=S) groups is 1. The first-order valence-corrected chi connectivity index (χ1v) is 9.70. The Bertz CT molecular complexity index is 900. The number of carbonyl (C=O) groups excluding carboxylic acids is 1. The number of aromatic carboxylic acids is 1. The number of carboxylic acid groups (broad SMARTS) is 1. The first kappa shape index (κ1) is 23.0. The average molecular weight is 473 g/mol. The Balaban J connectivity index is 1.98. The Morgan fingerprint density at radius 3 is 2.17 bits per heavy atom. The van der Waals surface area contributed by atoms with Crippen LogP contribution in [0.3, 0.4) is 0 Å². The maximum Gasteiger partial charge on any atom is 0.335 e. The average Bonchev–Trinajstić information content (AvgIpc) is 2.66. The number of halogens is 3. The van der Waals surface area contributed by atoms with Gasteiger partial charge in [0.2, 0.25) is 9.70 Å². The van der Waals surface area contributed by atoms with E-state index in [0.29, 0.717) is 5.69 Å². The molecule has 0 aliphatic heterocycles. The number of carboxylic acids is 1. The van der Waals surface area contributed by atoms with Gasteiger partial charge in [-0.3, -0.25) is 4.79 Å². The van der Waals surface area contributed by atoms with E-state index < -0.39 is 21.8 Å². The SMILES string of the molecule is O=C(/C=C/c1ccccc1)N[C@H](NC(=S)Nc1ccc(C(=O)O)cc1)C(Cl)(Cl)Cl. The Kier molecular flexibility index (Phi) is 8.28. The molecular formula is C19H16Cl3N3O3S. The topological polar surface area (TPSA) is 90.5 Å². The normalized spacial score (nSPS) is 12.2. The van der Waals surface area contributed by atoms with Gasteiger partial charge in [0.25, 0.3) is 0 Å². The van der Waals surface area contributed by atoms with Gasteiger partial charge in [-0.2, -0.15) is 0 Å². The van der Waals surface area contributed by atoms with E-state index >= 15 is 0 Å². The van der Waals surface area contributed by atoms with Gasteiger partial charge < -0.3 is 21.1 Å². The van der Waals surface area contributed by atoms with Gasteiger partial charge in [0.1, 0.15) is 6.17 Å². The number of carbonyl (C=O) groups is 2. The van der Waals surface area contributed by atoms with Gasteiger partial charge in [-0.15, -0.1) is 0 Å². The lowest BCUT2D eigenvalue weighted by atomic mass is 10.2. The molecule has 4 N–H and O–H groups in total. The first-order chi connectivity index (χ1) is 13.6. The van der Waals surface area contributed by atoms with Crippen LogP contribution in [0.15, 0.2) is 60.7 Å². The van der Waals surface area contributed by atoms with Crippen LogP contribution in [-0.2, 0) is 4.79 Å². The summed E-state index contributed by atoms with van der Waals surface area (Å²) in [6, 6.07) is 15.1. The summed E-state index contributed by atoms with van der Waals surface area (Å²) >= 11 is 23.0. The summed E-state index contributed by atoms with van der Waals surface area (Å²) in [5.41, 5.74) is 1.49. The number of anilines is 1. The minimum absolute atomic E-state index is 0.0664. The minimum atomic E-state index is -1.89. The molecule has 0 radical (unpaired) electrons. The molecule has 0 aromatic heterocycles. The summed E-state index contributed by atoms with van der Waals surface area (Å²) in [6.45, 7) is 0. The van der Waals surface area contributed by atoms with Gasteiger partial charge in [-0.25, -0.2) is 4.79 Å². The van der Waals surface area contributed by atoms with Gasteiger partial charge in [-0.05, 0) is 48.1 Å². The maximum atomic E-state index is 12.2. The number of hydrogen-bond acceptors (Lipinski definition) is 3. The number of benzene rings is 2. The molecule has 1 atom stereocenters. The molecule has 0 spiro atoms. The molecule has 6 nitrogen and oxygen atoms in total. The largest absolute Gasteiger partial charge is 0.478 e. The van der Waals surface area contributed by atoms with Crippen LogP contribution in [0.5, 0.6) is 0 Å². The summed E-state index contributed by atoms with van der Waals surface area (Å²) in [5.74, 6) is -1.54. The summed E-state index contributed by atoms with van der Waals surface area (Å²) in [7, 11) is 0. The third-order valence-electron chi connectivity index (χ3n) is 3.51. The highest BCUT2D eigenvalue weighted by Crippen LogP contribution is 2.29. The lowest BCUT2D eigenvalue weighted by Crippen LogP contribution is -2.55. The van der Waals surface area contributed by atoms with Gasteiger partial charge in [0, 0.05) is 11.8 Å². The van der Waals surface area contributed by atoms with Crippen LogP contribution >= 0.6 is 47.0 Å². The van der Waals surface area contributed by atoms with Crippen LogP contribution in [0.4, 0.5) is 5.69 Å². The first-order valence-electron chi connectivity index (χ1n) is 8.16. The van der Waals surface area contributed by atoms with Crippen molar-refractivity contribution in [3.05, 3.63) is 71.8 Å². The number of alkyl halides is 3. The Hall–Kier alpha value is -2.32. The predicted molar refractivity (Wildman–Crippen MR) is 120 cm³/mol. The second-order valence-corrected chi connectivity index (χ2v) is 8.49. The van der Waals surface area contributed by atoms with Crippen LogP contribution in [0.25, 0.3) is 6.08 Å². The third-order valence-corrected chi connectivity index (χ3v) is 4.38. The van der Waals surface area contributed by atoms with E-state index in [0.717, 1.165) is 5.56 Å². The van der Waals surface area contributed by atoms with Crippen LogP contribution in [0.2, 0.25) is 0 Å². The molecule has 152 valence electrons. The Morgan fingerprint density at radius 2 is 1.62 bits per heavy atom. The second kappa shape index (κ2) is 10.5. The highest BCUT2D eigenvalue weighted by Gasteiger charge is 2.34. The molecule has 0 saturated carbocycles. The zero-order valence-corrected chi connectivity index (χ0v) is 17.8. The molecular weight excluding hydrogens is 457 g/mol. The van der Waals surface area contributed by atoms with Gasteiger partial charge in [-0.1, -0.05) is 65.1 Å². The van der Waals surface area contributed by atoms with E-state index in [1.54, 1.807) is 6.08 Å². The monoisotopic (exact) mass is 471 g/mol. The van der Waals surface area contributed by atoms with Gasteiger partial charge >= 0.3 is 5.97 Å². The molecule has 0 heterocycles. The predicted octanol–water partition coefficient (Wildman–Crippen LogP) is 4.20. The van der Waals surface area contributed by atoms with E-state index in [4.69, 9.17) is 52.1 Å². The molecule has 2 aromatic carbocycles. The van der Waals surface area contributed by atoms with Crippen molar-refractivity contribution in [3.8, 4) is 0 Å². The summed E-state index contributed by atoms with van der Waals surface area (Å²) in [6.07, 6.45) is 1.80. The standard InChI is InChI=1S/C19H16Cl3N3O3S/c20-19(21,22)17(24-15(26)11-6-12-4-2-1-3-5-12)25-18(29)23-14-9-7-13(8-10-14)16(27)28/h1-11,17H,(H,24,26)(H,27,28)(H2,23,25,29)/b11-6+/t17-/m1/s1. The van der Waals surface area contributed by atoms with E-state index in [9.17, 15) is 9.59 Å². The molecule has 0 bridgehead atoms. The number of hydrogen-bond donors (Lipinski definition) is 4. The van der Waals surface area contributed by atoms with Crippen LogP contribution in [-0.4, -0.2) is 32.1 Å². The molecule has 1 amide bonds. The number of amides is 1. The van der Waals surface area contributed by atoms with Crippen molar-refractivity contribution in [1.29, 1.82) is 0 Å². The number of rotatable bonds is 6. The molecule has 0 saturated heterocycles. The second-order valence-electron chi connectivity index (χ2n) is 5.71. The quantitative estimate of drug-likeness (QED) is 0.218. The Morgan fingerprint density at radius 1 is 1.00 bits per heavy atom. The van der Waals surface area contributed by atoms with E-state index in [1.165, 1.54) is 30.3 Å². The van der Waals surface area contributed by atoms with Crippen LogP contribution in [0.1, 0.15) is 15.9 Å². The molecule has 29 heavy (non-hydrogen) atoms.